The van der Waals surface area contributed by atoms with Gasteiger partial charge in [0.05, 0.1) is 23.8 Å². The molecule has 0 aliphatic rings. The number of methoxy groups -OCH3 is 1. The van der Waals surface area contributed by atoms with E-state index in [4.69, 9.17) is 25.4 Å². The van der Waals surface area contributed by atoms with Crippen LogP contribution in [0.15, 0.2) is 89.8 Å². The molecule has 0 saturated carbocycles. The molecule has 66 heavy (non-hydrogen) atoms. The summed E-state index contributed by atoms with van der Waals surface area (Å²) in [5, 5.41) is 0. The van der Waals surface area contributed by atoms with Crippen LogP contribution in [-0.4, -0.2) is 32.4 Å². The molecule has 0 fully saturated rings. The van der Waals surface area contributed by atoms with Gasteiger partial charge < -0.3 is 23.5 Å². The summed E-state index contributed by atoms with van der Waals surface area (Å²) in [6, 6.07) is 9.81. The molecular weight excluding hydrogens is 966 g/mol. The number of hydrogen-bond donors (Lipinski definition) is 0. The average molecular weight is 987 g/mol. The van der Waals surface area contributed by atoms with Crippen molar-refractivity contribution in [3.8, 4) is 63.7 Å². The molecule has 0 N–H and O–H groups in total. The van der Waals surface area contributed by atoms with E-state index in [0.29, 0.717) is 42.0 Å². The maximum atomic E-state index is 15.5. The monoisotopic (exact) mass is 986 g/mol. The van der Waals surface area contributed by atoms with Crippen LogP contribution in [-0.2, 0) is 15.5 Å². The molecule has 0 saturated heterocycles. The molecule has 0 aliphatic heterocycles. The predicted molar refractivity (Wildman–Crippen MR) is 198 cm³/mol. The summed E-state index contributed by atoms with van der Waals surface area (Å²) in [6.45, 7) is 1.63. The molecule has 23 heteroatoms. The number of rotatable bonds is 11. The van der Waals surface area contributed by atoms with E-state index in [-0.39, 0.29) is 80.6 Å². The van der Waals surface area contributed by atoms with E-state index in [1.165, 1.54) is 12.1 Å². The Morgan fingerprint density at radius 1 is 0.545 bits per heavy atom. The van der Waals surface area contributed by atoms with E-state index < -0.39 is 130 Å². The minimum absolute atomic E-state index is 0. The van der Waals surface area contributed by atoms with E-state index >= 15 is 35.1 Å². The topological polar surface area (TPSA) is 94.1 Å². The van der Waals surface area contributed by atoms with Gasteiger partial charge in [0.1, 0.15) is 43.8 Å². The molecule has 0 amide bonds. The zero-order valence-corrected chi connectivity index (χ0v) is 37.2. The second-order valence-corrected chi connectivity index (χ2v) is 14.8. The van der Waals surface area contributed by atoms with Crippen LogP contribution in [0, 0.1) is 65.8 Å². The smallest absolute Gasteiger partial charge is 0.744 e. The summed E-state index contributed by atoms with van der Waals surface area (Å²) < 4.78 is 267. The van der Waals surface area contributed by atoms with Crippen molar-refractivity contribution in [1.82, 2.24) is 0 Å². The van der Waals surface area contributed by atoms with Gasteiger partial charge in [-0.1, -0.05) is 36.3 Å². The molecule has 0 aromatic heterocycles. The van der Waals surface area contributed by atoms with Gasteiger partial charge in [-0.15, -0.1) is 6.42 Å². The summed E-state index contributed by atoms with van der Waals surface area (Å²) in [6.07, 6.45) is -6.79. The Bertz CT molecular complexity index is 2940. The quantitative estimate of drug-likeness (QED) is 0.0420. The maximum absolute atomic E-state index is 15.5. The van der Waals surface area contributed by atoms with Gasteiger partial charge in [0.2, 0.25) is 40.2 Å². The summed E-state index contributed by atoms with van der Waals surface area (Å²) >= 11 is 0. The first-order valence-electron chi connectivity index (χ1n) is 17.6. The van der Waals surface area contributed by atoms with Crippen molar-refractivity contribution >= 4 is 10.1 Å². The number of terminal acetylenes is 1. The molecule has 0 heterocycles. The van der Waals surface area contributed by atoms with Gasteiger partial charge in [0, 0.05) is 6.07 Å². The minimum atomic E-state index is -6.10. The van der Waals surface area contributed by atoms with E-state index in [2.05, 4.69) is 5.92 Å². The van der Waals surface area contributed by atoms with Gasteiger partial charge in [-0.3, -0.25) is 0 Å². The Labute approximate surface area is 406 Å². The van der Waals surface area contributed by atoms with Gasteiger partial charge in [-0.05, 0) is 72.1 Å². The minimum Gasteiger partial charge on any atom is -0.744 e. The molecule has 6 rings (SSSR count). The number of benzene rings is 6. The van der Waals surface area contributed by atoms with Gasteiger partial charge in [-0.25, -0.2) is 26.0 Å². The summed E-state index contributed by atoms with van der Waals surface area (Å²) in [4.78, 5) is -1.43. The first-order valence-corrected chi connectivity index (χ1v) is 19.0. The van der Waals surface area contributed by atoms with E-state index in [1.807, 2.05) is 0 Å². The first-order chi connectivity index (χ1) is 30.3. The van der Waals surface area contributed by atoms with Crippen molar-refractivity contribution in [2.24, 2.45) is 0 Å². The van der Waals surface area contributed by atoms with E-state index in [9.17, 15) is 39.3 Å². The van der Waals surface area contributed by atoms with Crippen LogP contribution in [0.1, 0.15) is 22.3 Å². The van der Waals surface area contributed by atoms with Crippen LogP contribution in [0.25, 0.3) is 11.1 Å². The van der Waals surface area contributed by atoms with E-state index in [0.717, 1.165) is 25.3 Å². The largest absolute Gasteiger partial charge is 1.00 e. The third-order valence-electron chi connectivity index (χ3n) is 9.49. The summed E-state index contributed by atoms with van der Waals surface area (Å²) in [7, 11) is -4.60. The first kappa shape index (κ1) is 51.6. The molecule has 0 radical (unpaired) electrons. The number of aryl methyl sites for hydroxylation is 1. The van der Waals surface area contributed by atoms with Crippen LogP contribution >= 0.6 is 0 Å². The van der Waals surface area contributed by atoms with Crippen molar-refractivity contribution in [3.63, 3.8) is 0 Å². The normalized spacial score (nSPS) is 12.0. The molecule has 0 atom stereocenters. The Morgan fingerprint density at radius 2 is 0.970 bits per heavy atom. The zero-order valence-electron chi connectivity index (χ0n) is 33.2. The van der Waals surface area contributed by atoms with Crippen molar-refractivity contribution in [2.45, 2.75) is 29.6 Å². The third kappa shape index (κ3) is 9.31. The molecule has 0 bridgehead atoms. The molecule has 0 aliphatic carbocycles. The Balaban J connectivity index is 0.00000817. The predicted octanol–water partition coefficient (Wildman–Crippen LogP) is 9.46. The average Bonchev–Trinajstić information content (AvgIpc) is 3.23. The number of halogens is 14. The number of hydrogen-bond acceptors (Lipinski definition) is 7. The number of alkyl halides is 6. The molecular formula is C43H21F14KO7S. The fraction of sp³-hybridized carbons (Fsp3) is 0.116. The molecule has 0 unspecified atom stereocenters. The van der Waals surface area contributed by atoms with Crippen molar-refractivity contribution in [2.75, 3.05) is 7.11 Å². The Kier molecular flexibility index (Phi) is 14.9. The standard InChI is InChI=1S/C43H22F14O7S.K/c1-4-20-6-5-19(2)17-27(20)62-25-15-16-26(28(18-25)65(58,59)60)64-40-37(50)33(46)30(34(47)38(40)51)29-31(44)35(48)39(36(49)32(29)45)63-24-13-9-22(10-14-24)41(42(52,53)54,43(55,56)57)21-7-11-23(61-3)12-8-21;/h1,5-18H,2-3H3,(H,58,59,60);/q;+1/p-1. The molecule has 340 valence electrons. The summed E-state index contributed by atoms with van der Waals surface area (Å²) in [5.41, 5.74) is -11.8. The SMILES string of the molecule is C#Cc1ccc(C)cc1Oc1ccc(Oc2c(F)c(F)c(-c3c(F)c(F)c(Oc4ccc(C(c5ccc(OC)cc5)(C(F)(F)F)C(F)(F)F)cc4)c(F)c3F)c(F)c2F)c(S(=O)(=O)[O-])c1.[K+]. The van der Waals surface area contributed by atoms with Crippen molar-refractivity contribution in [1.29, 1.82) is 0 Å². The third-order valence-corrected chi connectivity index (χ3v) is 10.4. The zero-order chi connectivity index (χ0) is 48.1. The van der Waals surface area contributed by atoms with Crippen LogP contribution in [0.3, 0.4) is 0 Å². The molecule has 7 nitrogen and oxygen atoms in total. The van der Waals surface area contributed by atoms with Gasteiger partial charge in [-0.2, -0.15) is 43.9 Å². The maximum Gasteiger partial charge on any atom is 1.00 e. The molecule has 6 aromatic carbocycles. The molecule has 6 aromatic rings. The van der Waals surface area contributed by atoms with Crippen molar-refractivity contribution in [3.05, 3.63) is 154 Å². The Hall–Kier alpha value is -5.35. The fourth-order valence-electron chi connectivity index (χ4n) is 6.46. The van der Waals surface area contributed by atoms with Gasteiger partial charge in [0.15, 0.2) is 23.3 Å². The van der Waals surface area contributed by atoms with Crippen LogP contribution in [0.5, 0.6) is 40.2 Å². The van der Waals surface area contributed by atoms with Gasteiger partial charge in [0.25, 0.3) is 0 Å². The second-order valence-electron chi connectivity index (χ2n) is 13.4. The van der Waals surface area contributed by atoms with Crippen LogP contribution in [0.2, 0.25) is 0 Å². The second kappa shape index (κ2) is 19.1. The summed E-state index contributed by atoms with van der Waals surface area (Å²) in [5.74, 6) is -26.9. The van der Waals surface area contributed by atoms with Crippen LogP contribution in [0.4, 0.5) is 61.5 Å². The van der Waals surface area contributed by atoms with Crippen LogP contribution < -0.4 is 70.3 Å². The van der Waals surface area contributed by atoms with Gasteiger partial charge >= 0.3 is 63.7 Å². The van der Waals surface area contributed by atoms with Crippen molar-refractivity contribution < 1.29 is 145 Å². The Morgan fingerprint density at radius 3 is 1.38 bits per heavy atom. The fourth-order valence-corrected chi connectivity index (χ4v) is 7.07. The molecule has 0 spiro atoms. The van der Waals surface area contributed by atoms with E-state index in [1.54, 1.807) is 13.0 Å². The number of ether oxygens (including phenoxy) is 4.